The van der Waals surface area contributed by atoms with E-state index in [2.05, 4.69) is 10.3 Å². The fraction of sp³-hybridized carbons (Fsp3) is 0.154. The fourth-order valence-electron chi connectivity index (χ4n) is 2.10. The topological polar surface area (TPSA) is 58.5 Å². The van der Waals surface area contributed by atoms with Crippen molar-refractivity contribution in [2.24, 2.45) is 4.99 Å². The molecule has 1 N–H and O–H groups in total. The molecule has 17 heavy (non-hydrogen) atoms. The maximum absolute atomic E-state index is 12.2. The first-order valence-electron chi connectivity index (χ1n) is 5.39. The molecule has 0 spiro atoms. The van der Waals surface area contributed by atoms with Gasteiger partial charge in [-0.25, -0.2) is 0 Å². The number of Topliss-reactive ketones (excluding diaryl/α,β-unsaturated/α-hetero) is 2. The Morgan fingerprint density at radius 1 is 1.18 bits per heavy atom. The first-order chi connectivity index (χ1) is 8.18. The molecular formula is C13H10N2O2. The molecule has 0 bridgehead atoms. The van der Waals surface area contributed by atoms with Gasteiger partial charge in [-0.15, -0.1) is 0 Å². The molecule has 0 saturated heterocycles. The molecule has 3 rings (SSSR count). The number of aryl methyl sites for hydroxylation is 1. The molecule has 1 aliphatic carbocycles. The van der Waals surface area contributed by atoms with Crippen molar-refractivity contribution in [1.82, 2.24) is 5.32 Å². The first-order valence-corrected chi connectivity index (χ1v) is 5.39. The Hall–Kier alpha value is -2.23. The molecule has 1 aromatic carbocycles. The van der Waals surface area contributed by atoms with Crippen molar-refractivity contribution in [3.63, 3.8) is 0 Å². The molecule has 0 fully saturated rings. The van der Waals surface area contributed by atoms with E-state index in [1.165, 1.54) is 0 Å². The molecule has 0 unspecified atom stereocenters. The number of aliphatic imine (C=N–C) groups is 1. The van der Waals surface area contributed by atoms with Gasteiger partial charge in [-0.2, -0.15) is 0 Å². The Labute approximate surface area is 98.1 Å². The standard InChI is InChI=1S/C13H10N2O2/c1-7-2-3-8-9(6-7)13(17)11-10(12(8)16)14-4-5-15-11/h2-3,5-6,14H,4H2,1H3. The van der Waals surface area contributed by atoms with Crippen LogP contribution in [0.2, 0.25) is 0 Å². The van der Waals surface area contributed by atoms with Crippen molar-refractivity contribution in [1.29, 1.82) is 0 Å². The van der Waals surface area contributed by atoms with Crippen molar-refractivity contribution in [3.05, 3.63) is 46.3 Å². The second kappa shape index (κ2) is 3.38. The van der Waals surface area contributed by atoms with Gasteiger partial charge < -0.3 is 5.32 Å². The van der Waals surface area contributed by atoms with Gasteiger partial charge in [0.15, 0.2) is 0 Å². The summed E-state index contributed by atoms with van der Waals surface area (Å²) in [6, 6.07) is 5.28. The number of hydrogen-bond acceptors (Lipinski definition) is 4. The number of ketones is 2. The number of allylic oxidation sites excluding steroid dienone is 2. The van der Waals surface area contributed by atoms with Gasteiger partial charge in [0.1, 0.15) is 11.4 Å². The zero-order valence-electron chi connectivity index (χ0n) is 9.28. The van der Waals surface area contributed by atoms with Crippen molar-refractivity contribution in [2.45, 2.75) is 6.92 Å². The molecule has 0 radical (unpaired) electrons. The predicted octanol–water partition coefficient (Wildman–Crippen LogP) is 1.26. The van der Waals surface area contributed by atoms with E-state index in [0.29, 0.717) is 23.4 Å². The van der Waals surface area contributed by atoms with Crippen molar-refractivity contribution in [2.75, 3.05) is 6.54 Å². The van der Waals surface area contributed by atoms with Crippen LogP contribution in [-0.2, 0) is 0 Å². The van der Waals surface area contributed by atoms with E-state index >= 15 is 0 Å². The number of carbonyl (C=O) groups excluding carboxylic acids is 2. The molecule has 1 aliphatic heterocycles. The van der Waals surface area contributed by atoms with E-state index in [-0.39, 0.29) is 17.3 Å². The van der Waals surface area contributed by atoms with Gasteiger partial charge in [0, 0.05) is 17.3 Å². The zero-order valence-corrected chi connectivity index (χ0v) is 9.28. The van der Waals surface area contributed by atoms with Gasteiger partial charge >= 0.3 is 0 Å². The summed E-state index contributed by atoms with van der Waals surface area (Å²) in [5.41, 5.74) is 2.44. The second-order valence-corrected chi connectivity index (χ2v) is 4.12. The number of nitrogens with zero attached hydrogens (tertiary/aromatic N) is 1. The average molecular weight is 226 g/mol. The Kier molecular flexibility index (Phi) is 1.98. The molecule has 4 heteroatoms. The van der Waals surface area contributed by atoms with Gasteiger partial charge in [-0.05, 0) is 19.1 Å². The highest BCUT2D eigenvalue weighted by Crippen LogP contribution is 2.27. The summed E-state index contributed by atoms with van der Waals surface area (Å²) < 4.78 is 0. The molecule has 0 saturated carbocycles. The molecule has 0 aromatic heterocycles. The summed E-state index contributed by atoms with van der Waals surface area (Å²) in [7, 11) is 0. The van der Waals surface area contributed by atoms with E-state index in [4.69, 9.17) is 0 Å². The van der Waals surface area contributed by atoms with Crippen LogP contribution in [0.4, 0.5) is 0 Å². The van der Waals surface area contributed by atoms with Crippen LogP contribution in [0, 0.1) is 6.92 Å². The highest BCUT2D eigenvalue weighted by molar-refractivity contribution is 6.27. The summed E-state index contributed by atoms with van der Waals surface area (Å²) in [5, 5.41) is 2.92. The third-order valence-electron chi connectivity index (χ3n) is 2.93. The van der Waals surface area contributed by atoms with E-state index in [1.807, 2.05) is 13.0 Å². The van der Waals surface area contributed by atoms with Gasteiger partial charge in [0.05, 0.1) is 6.54 Å². The largest absolute Gasteiger partial charge is 0.375 e. The SMILES string of the molecule is Cc1ccc2c(c1)C(=O)C1=C(NCC=N1)C2=O. The number of fused-ring (bicyclic) bond motifs is 1. The Morgan fingerprint density at radius 3 is 2.82 bits per heavy atom. The Bertz CT molecular complexity index is 612. The molecule has 1 heterocycles. The lowest BCUT2D eigenvalue weighted by molar-refractivity contribution is 0.0967. The number of hydrogen-bond donors (Lipinski definition) is 1. The molecule has 0 atom stereocenters. The van der Waals surface area contributed by atoms with Crippen LogP contribution in [0.3, 0.4) is 0 Å². The van der Waals surface area contributed by atoms with Crippen molar-refractivity contribution >= 4 is 17.8 Å². The maximum atomic E-state index is 12.2. The van der Waals surface area contributed by atoms with E-state index in [0.717, 1.165) is 5.56 Å². The highest BCUT2D eigenvalue weighted by Gasteiger charge is 2.32. The van der Waals surface area contributed by atoms with Crippen LogP contribution in [0.15, 0.2) is 34.6 Å². The number of nitrogens with one attached hydrogen (secondary N) is 1. The molecule has 1 aromatic rings. The van der Waals surface area contributed by atoms with E-state index in [9.17, 15) is 9.59 Å². The minimum atomic E-state index is -0.179. The first kappa shape index (κ1) is 9.96. The summed E-state index contributed by atoms with van der Waals surface area (Å²) in [6.45, 7) is 2.38. The number of benzene rings is 1. The third kappa shape index (κ3) is 1.34. The maximum Gasteiger partial charge on any atom is 0.214 e. The second-order valence-electron chi connectivity index (χ2n) is 4.12. The summed E-state index contributed by atoms with van der Waals surface area (Å²) in [5.74, 6) is -0.326. The number of carbonyl (C=O) groups is 2. The molecule has 84 valence electrons. The summed E-state index contributed by atoms with van der Waals surface area (Å²) in [6.07, 6.45) is 1.60. The Morgan fingerprint density at radius 2 is 2.00 bits per heavy atom. The van der Waals surface area contributed by atoms with E-state index < -0.39 is 0 Å². The summed E-state index contributed by atoms with van der Waals surface area (Å²) >= 11 is 0. The normalized spacial score (nSPS) is 17.7. The molecule has 4 nitrogen and oxygen atoms in total. The van der Waals surface area contributed by atoms with Crippen LogP contribution < -0.4 is 5.32 Å². The smallest absolute Gasteiger partial charge is 0.214 e. The van der Waals surface area contributed by atoms with Crippen LogP contribution in [0.1, 0.15) is 26.3 Å². The fourth-order valence-corrected chi connectivity index (χ4v) is 2.10. The quantitative estimate of drug-likeness (QED) is 0.724. The molecule has 2 aliphatic rings. The third-order valence-corrected chi connectivity index (χ3v) is 2.93. The van der Waals surface area contributed by atoms with Gasteiger partial charge in [-0.1, -0.05) is 11.6 Å². The monoisotopic (exact) mass is 226 g/mol. The van der Waals surface area contributed by atoms with Crippen LogP contribution in [-0.4, -0.2) is 24.3 Å². The van der Waals surface area contributed by atoms with Crippen LogP contribution in [0.25, 0.3) is 0 Å². The minimum absolute atomic E-state index is 0.147. The zero-order chi connectivity index (χ0) is 12.0. The van der Waals surface area contributed by atoms with Gasteiger partial charge in [-0.3, -0.25) is 14.6 Å². The van der Waals surface area contributed by atoms with E-state index in [1.54, 1.807) is 18.3 Å². The van der Waals surface area contributed by atoms with Crippen LogP contribution in [0.5, 0.6) is 0 Å². The number of rotatable bonds is 0. The van der Waals surface area contributed by atoms with Crippen LogP contribution >= 0.6 is 0 Å². The summed E-state index contributed by atoms with van der Waals surface area (Å²) in [4.78, 5) is 28.4. The van der Waals surface area contributed by atoms with Crippen molar-refractivity contribution < 1.29 is 9.59 Å². The molecular weight excluding hydrogens is 216 g/mol. The Balaban J connectivity index is 2.26. The lowest BCUT2D eigenvalue weighted by atomic mass is 9.89. The average Bonchev–Trinajstić information content (AvgIpc) is 2.36. The lowest BCUT2D eigenvalue weighted by Gasteiger charge is -2.21. The van der Waals surface area contributed by atoms with Gasteiger partial charge in [0.2, 0.25) is 11.6 Å². The van der Waals surface area contributed by atoms with Gasteiger partial charge in [0.25, 0.3) is 0 Å². The lowest BCUT2D eigenvalue weighted by Crippen LogP contribution is -2.33. The minimum Gasteiger partial charge on any atom is -0.375 e. The van der Waals surface area contributed by atoms with Crippen molar-refractivity contribution in [3.8, 4) is 0 Å². The molecule has 0 amide bonds. The predicted molar refractivity (Wildman–Crippen MR) is 63.4 cm³/mol. The highest BCUT2D eigenvalue weighted by atomic mass is 16.1.